The SMILES string of the molecule is I.NC(=NCc1ccn(-c2ccc(F)cc2)n1)N1CCN(c2nccs2)CC1. The van der Waals surface area contributed by atoms with Crippen molar-refractivity contribution >= 4 is 46.4 Å². The number of guanidine groups is 1. The summed E-state index contributed by atoms with van der Waals surface area (Å²) in [5.41, 5.74) is 7.78. The van der Waals surface area contributed by atoms with Gasteiger partial charge in [0.05, 0.1) is 17.9 Å². The maximum absolute atomic E-state index is 13.0. The first-order chi connectivity index (χ1) is 13.2. The summed E-state index contributed by atoms with van der Waals surface area (Å²) < 4.78 is 14.7. The predicted molar refractivity (Wildman–Crippen MR) is 120 cm³/mol. The van der Waals surface area contributed by atoms with Crippen molar-refractivity contribution < 1.29 is 4.39 Å². The maximum Gasteiger partial charge on any atom is 0.191 e. The minimum atomic E-state index is -0.265. The highest BCUT2D eigenvalue weighted by atomic mass is 127. The van der Waals surface area contributed by atoms with Gasteiger partial charge in [-0.05, 0) is 30.3 Å². The number of thiazole rings is 1. The van der Waals surface area contributed by atoms with E-state index in [2.05, 4.69) is 24.9 Å². The second-order valence-corrected chi connectivity index (χ2v) is 7.06. The van der Waals surface area contributed by atoms with Crippen LogP contribution < -0.4 is 10.6 Å². The molecule has 1 fully saturated rings. The third-order valence-electron chi connectivity index (χ3n) is 4.43. The minimum absolute atomic E-state index is 0. The van der Waals surface area contributed by atoms with E-state index in [1.807, 2.05) is 23.8 Å². The zero-order chi connectivity index (χ0) is 18.6. The van der Waals surface area contributed by atoms with Crippen LogP contribution in [0.5, 0.6) is 0 Å². The number of hydrogen-bond acceptors (Lipinski definition) is 5. The molecule has 28 heavy (non-hydrogen) atoms. The average Bonchev–Trinajstić information content (AvgIpc) is 3.39. The van der Waals surface area contributed by atoms with Crippen LogP contribution in [-0.4, -0.2) is 51.8 Å². The molecule has 0 bridgehead atoms. The molecule has 2 aromatic heterocycles. The second kappa shape index (κ2) is 9.32. The van der Waals surface area contributed by atoms with Gasteiger partial charge in [0.25, 0.3) is 0 Å². The number of rotatable bonds is 4. The van der Waals surface area contributed by atoms with Crippen LogP contribution in [0.15, 0.2) is 53.1 Å². The molecule has 0 unspecified atom stereocenters. The molecule has 0 amide bonds. The highest BCUT2D eigenvalue weighted by Gasteiger charge is 2.19. The molecule has 4 rings (SSSR count). The van der Waals surface area contributed by atoms with E-state index in [0.29, 0.717) is 12.5 Å². The lowest BCUT2D eigenvalue weighted by Crippen LogP contribution is -2.51. The molecular weight excluding hydrogens is 492 g/mol. The van der Waals surface area contributed by atoms with Crippen LogP contribution in [0.4, 0.5) is 9.52 Å². The molecule has 3 aromatic rings. The molecule has 1 aromatic carbocycles. The Labute approximate surface area is 183 Å². The van der Waals surface area contributed by atoms with Crippen LogP contribution in [0.2, 0.25) is 0 Å². The van der Waals surface area contributed by atoms with Crippen molar-refractivity contribution in [2.45, 2.75) is 6.54 Å². The maximum atomic E-state index is 13.0. The summed E-state index contributed by atoms with van der Waals surface area (Å²) in [5, 5.41) is 7.51. The van der Waals surface area contributed by atoms with Gasteiger partial charge in [-0.25, -0.2) is 19.0 Å². The van der Waals surface area contributed by atoms with Gasteiger partial charge < -0.3 is 15.5 Å². The van der Waals surface area contributed by atoms with Gasteiger partial charge in [0.1, 0.15) is 5.82 Å². The molecule has 0 spiro atoms. The van der Waals surface area contributed by atoms with Crippen molar-refractivity contribution in [2.75, 3.05) is 31.1 Å². The van der Waals surface area contributed by atoms with E-state index in [4.69, 9.17) is 5.73 Å². The van der Waals surface area contributed by atoms with E-state index in [9.17, 15) is 4.39 Å². The van der Waals surface area contributed by atoms with E-state index < -0.39 is 0 Å². The molecule has 148 valence electrons. The number of nitrogens with two attached hydrogens (primary N) is 1. The molecule has 1 aliphatic heterocycles. The number of halogens is 2. The summed E-state index contributed by atoms with van der Waals surface area (Å²) in [6.45, 7) is 3.80. The molecule has 3 heterocycles. The van der Waals surface area contributed by atoms with Gasteiger partial charge in [-0.1, -0.05) is 0 Å². The zero-order valence-corrected chi connectivity index (χ0v) is 18.3. The van der Waals surface area contributed by atoms with Gasteiger partial charge in [-0.2, -0.15) is 5.10 Å². The molecule has 0 atom stereocenters. The van der Waals surface area contributed by atoms with E-state index in [1.165, 1.54) is 12.1 Å². The third kappa shape index (κ3) is 4.79. The largest absolute Gasteiger partial charge is 0.370 e. The number of anilines is 1. The van der Waals surface area contributed by atoms with Crippen LogP contribution in [0.1, 0.15) is 5.69 Å². The van der Waals surface area contributed by atoms with Crippen molar-refractivity contribution in [3.63, 3.8) is 0 Å². The van der Waals surface area contributed by atoms with Gasteiger partial charge in [-0.15, -0.1) is 35.3 Å². The quantitative estimate of drug-likeness (QED) is 0.330. The molecule has 1 saturated heterocycles. The summed E-state index contributed by atoms with van der Waals surface area (Å²) in [6.07, 6.45) is 3.66. The molecule has 0 saturated carbocycles. The fraction of sp³-hybridized carbons (Fsp3) is 0.278. The van der Waals surface area contributed by atoms with Gasteiger partial charge in [0, 0.05) is 44.0 Å². The first kappa shape index (κ1) is 20.5. The normalized spacial score (nSPS) is 14.8. The lowest BCUT2D eigenvalue weighted by Gasteiger charge is -2.35. The summed E-state index contributed by atoms with van der Waals surface area (Å²) in [5.74, 6) is 0.267. The van der Waals surface area contributed by atoms with Crippen molar-refractivity contribution in [1.82, 2.24) is 19.7 Å². The number of aliphatic imine (C=N–C) groups is 1. The van der Waals surface area contributed by atoms with Gasteiger partial charge in [0.2, 0.25) is 0 Å². The highest BCUT2D eigenvalue weighted by molar-refractivity contribution is 14.0. The predicted octanol–water partition coefficient (Wildman–Crippen LogP) is 2.72. The van der Waals surface area contributed by atoms with Crippen LogP contribution in [0.25, 0.3) is 5.69 Å². The second-order valence-electron chi connectivity index (χ2n) is 6.19. The topological polar surface area (TPSA) is 75.6 Å². The van der Waals surface area contributed by atoms with E-state index in [0.717, 1.165) is 42.7 Å². The Morgan fingerprint density at radius 3 is 2.57 bits per heavy atom. The molecule has 0 radical (unpaired) electrons. The van der Waals surface area contributed by atoms with Gasteiger partial charge in [-0.3, -0.25) is 0 Å². The van der Waals surface area contributed by atoms with Crippen LogP contribution in [0.3, 0.4) is 0 Å². The fourth-order valence-electron chi connectivity index (χ4n) is 2.94. The highest BCUT2D eigenvalue weighted by Crippen LogP contribution is 2.18. The Morgan fingerprint density at radius 1 is 1.14 bits per heavy atom. The molecular formula is C18H21FIN7S. The Morgan fingerprint density at radius 2 is 1.89 bits per heavy atom. The Kier molecular flexibility index (Phi) is 6.83. The van der Waals surface area contributed by atoms with Gasteiger partial charge in [0.15, 0.2) is 11.1 Å². The Bertz CT molecular complexity index is 902. The Balaban J connectivity index is 0.00000225. The van der Waals surface area contributed by atoms with Crippen LogP contribution in [-0.2, 0) is 6.54 Å². The third-order valence-corrected chi connectivity index (χ3v) is 5.26. The van der Waals surface area contributed by atoms with Crippen LogP contribution in [0, 0.1) is 5.82 Å². The fourth-order valence-corrected chi connectivity index (χ4v) is 3.64. The molecule has 7 nitrogen and oxygen atoms in total. The number of piperazine rings is 1. The minimum Gasteiger partial charge on any atom is -0.370 e. The standard InChI is InChI=1S/C18H20FN7S.HI/c19-14-1-3-16(4-2-14)26-7-5-15(23-26)13-22-17(20)24-8-10-25(11-9-24)18-21-6-12-27-18;/h1-7,12H,8-11,13H2,(H2,20,22);1H. The molecule has 0 aliphatic carbocycles. The smallest absolute Gasteiger partial charge is 0.191 e. The van der Waals surface area contributed by atoms with Crippen molar-refractivity contribution in [1.29, 1.82) is 0 Å². The Hall–Kier alpha value is -2.21. The summed E-state index contributed by atoms with van der Waals surface area (Å²) in [6, 6.07) is 8.09. The summed E-state index contributed by atoms with van der Waals surface area (Å²) in [7, 11) is 0. The van der Waals surface area contributed by atoms with Crippen molar-refractivity contribution in [3.05, 3.63) is 59.6 Å². The lowest BCUT2D eigenvalue weighted by molar-refractivity contribution is 0.380. The number of hydrogen-bond donors (Lipinski definition) is 1. The summed E-state index contributed by atoms with van der Waals surface area (Å²) in [4.78, 5) is 13.2. The number of aromatic nitrogens is 3. The van der Waals surface area contributed by atoms with Crippen LogP contribution >= 0.6 is 35.3 Å². The molecule has 1 aliphatic rings. The molecule has 2 N–H and O–H groups in total. The monoisotopic (exact) mass is 513 g/mol. The van der Waals surface area contributed by atoms with Crippen molar-refractivity contribution in [2.24, 2.45) is 10.7 Å². The first-order valence-corrected chi connectivity index (χ1v) is 9.57. The van der Waals surface area contributed by atoms with E-state index in [1.54, 1.807) is 28.2 Å². The average molecular weight is 513 g/mol. The first-order valence-electron chi connectivity index (χ1n) is 8.69. The number of benzene rings is 1. The van der Waals surface area contributed by atoms with E-state index in [-0.39, 0.29) is 29.8 Å². The summed E-state index contributed by atoms with van der Waals surface area (Å²) >= 11 is 1.65. The van der Waals surface area contributed by atoms with Crippen molar-refractivity contribution in [3.8, 4) is 5.69 Å². The molecule has 10 heteroatoms. The lowest BCUT2D eigenvalue weighted by atomic mass is 10.3. The number of nitrogens with zero attached hydrogens (tertiary/aromatic N) is 6. The van der Waals surface area contributed by atoms with E-state index >= 15 is 0 Å². The van der Waals surface area contributed by atoms with Gasteiger partial charge >= 0.3 is 0 Å². The zero-order valence-electron chi connectivity index (χ0n) is 15.1.